The lowest BCUT2D eigenvalue weighted by molar-refractivity contribution is -0.137. The maximum absolute atomic E-state index is 13.1. The van der Waals surface area contributed by atoms with Crippen molar-refractivity contribution < 1.29 is 33.4 Å². The normalized spacial score (nSPS) is 15.4. The van der Waals surface area contributed by atoms with Crippen LogP contribution >= 0.6 is 11.6 Å². The van der Waals surface area contributed by atoms with Crippen molar-refractivity contribution in [3.8, 4) is 34.3 Å². The Morgan fingerprint density at radius 2 is 1.92 bits per heavy atom. The van der Waals surface area contributed by atoms with E-state index in [2.05, 4.69) is 10.1 Å². The fourth-order valence-corrected chi connectivity index (χ4v) is 4.30. The number of carbonyl (C=O) groups is 2. The van der Waals surface area contributed by atoms with Crippen molar-refractivity contribution in [2.24, 2.45) is 0 Å². The predicted molar refractivity (Wildman–Crippen MR) is 144 cm³/mol. The number of fused-ring (bicyclic) bond motifs is 1. The van der Waals surface area contributed by atoms with Crippen LogP contribution < -0.4 is 9.47 Å². The lowest BCUT2D eigenvalue weighted by Crippen LogP contribution is -2.44. The summed E-state index contributed by atoms with van der Waals surface area (Å²) in [5.41, 5.74) is 1.30. The number of ether oxygens (including phenoxy) is 3. The molecule has 0 saturated carbocycles. The molecule has 0 spiro atoms. The molecule has 2 aromatic carbocycles. The molecule has 1 aromatic heterocycles. The monoisotopic (exact) mass is 557 g/mol. The summed E-state index contributed by atoms with van der Waals surface area (Å²) in [4.78, 5) is 30.4. The van der Waals surface area contributed by atoms with Gasteiger partial charge in [0.15, 0.2) is 0 Å². The molecule has 11 heteroatoms. The summed E-state index contributed by atoms with van der Waals surface area (Å²) in [5.74, 6) is 0.846. The quantitative estimate of drug-likeness (QED) is 0.361. The highest BCUT2D eigenvalue weighted by Crippen LogP contribution is 2.34. The van der Waals surface area contributed by atoms with Crippen LogP contribution in [0.4, 0.5) is 4.79 Å². The molecule has 0 fully saturated rings. The number of aliphatic carboxylic acids is 1. The number of hydrogen-bond donors (Lipinski definition) is 1. The van der Waals surface area contributed by atoms with Gasteiger partial charge in [-0.25, -0.2) is 4.79 Å². The Kier molecular flexibility index (Phi) is 8.34. The molecule has 208 valence electrons. The molecule has 1 aliphatic rings. The Hall–Kier alpha value is -3.79. The van der Waals surface area contributed by atoms with Crippen molar-refractivity contribution in [1.82, 2.24) is 15.0 Å². The van der Waals surface area contributed by atoms with Crippen LogP contribution in [0.3, 0.4) is 0 Å². The second-order valence-corrected chi connectivity index (χ2v) is 11.0. The van der Waals surface area contributed by atoms with E-state index in [4.69, 9.17) is 30.3 Å². The fourth-order valence-electron chi connectivity index (χ4n) is 4.08. The molecule has 0 bridgehead atoms. The molecule has 0 aliphatic carbocycles. The smallest absolute Gasteiger partial charge is 0.410 e. The number of benzene rings is 2. The highest BCUT2D eigenvalue weighted by atomic mass is 35.5. The van der Waals surface area contributed by atoms with Gasteiger partial charge in [0.2, 0.25) is 5.82 Å². The Labute approximate surface area is 231 Å². The highest BCUT2D eigenvalue weighted by Gasteiger charge is 2.32. The zero-order valence-corrected chi connectivity index (χ0v) is 23.3. The summed E-state index contributed by atoms with van der Waals surface area (Å²) in [7, 11) is 0. The van der Waals surface area contributed by atoms with Gasteiger partial charge in [0.1, 0.15) is 23.7 Å². The zero-order chi connectivity index (χ0) is 28.3. The lowest BCUT2D eigenvalue weighted by atomic mass is 10.1. The van der Waals surface area contributed by atoms with Gasteiger partial charge in [-0.1, -0.05) is 16.8 Å². The van der Waals surface area contributed by atoms with Crippen molar-refractivity contribution >= 4 is 23.7 Å². The van der Waals surface area contributed by atoms with Crippen molar-refractivity contribution in [2.45, 2.75) is 71.8 Å². The van der Waals surface area contributed by atoms with Crippen LogP contribution in [0.15, 0.2) is 40.9 Å². The minimum absolute atomic E-state index is 0.0146. The SMILES string of the molecule is CC(C)Oc1ccc(-c2nc(-c3ccc4c(c3)CN(C(=O)OC(C)(C)C)C(CCC(=O)O)CO4)no2)cc1Cl. The number of carbonyl (C=O) groups excluding carboxylic acids is 1. The van der Waals surface area contributed by atoms with Gasteiger partial charge in [-0.2, -0.15) is 4.98 Å². The third-order valence-electron chi connectivity index (χ3n) is 5.82. The maximum Gasteiger partial charge on any atom is 0.410 e. The minimum Gasteiger partial charge on any atom is -0.491 e. The van der Waals surface area contributed by atoms with E-state index in [1.807, 2.05) is 19.9 Å². The molecule has 10 nitrogen and oxygen atoms in total. The van der Waals surface area contributed by atoms with Gasteiger partial charge in [-0.3, -0.25) is 9.69 Å². The van der Waals surface area contributed by atoms with Crippen LogP contribution in [0.5, 0.6) is 11.5 Å². The average molecular weight is 558 g/mol. The largest absolute Gasteiger partial charge is 0.491 e. The molecular formula is C28H32ClN3O7. The summed E-state index contributed by atoms with van der Waals surface area (Å²) in [6, 6.07) is 10.2. The highest BCUT2D eigenvalue weighted by molar-refractivity contribution is 6.32. The van der Waals surface area contributed by atoms with Gasteiger partial charge in [0, 0.05) is 23.1 Å². The van der Waals surface area contributed by atoms with Gasteiger partial charge in [-0.05, 0) is 77.4 Å². The molecule has 2 heterocycles. The van der Waals surface area contributed by atoms with E-state index >= 15 is 0 Å². The number of carboxylic acids is 1. The van der Waals surface area contributed by atoms with Crippen molar-refractivity contribution in [3.05, 3.63) is 47.0 Å². The predicted octanol–water partition coefficient (Wildman–Crippen LogP) is 6.21. The van der Waals surface area contributed by atoms with E-state index in [9.17, 15) is 14.7 Å². The lowest BCUT2D eigenvalue weighted by Gasteiger charge is -2.31. The molecular weight excluding hydrogens is 526 g/mol. The number of hydrogen-bond acceptors (Lipinski definition) is 8. The summed E-state index contributed by atoms with van der Waals surface area (Å²) < 4.78 is 22.8. The Morgan fingerprint density at radius 1 is 1.18 bits per heavy atom. The van der Waals surface area contributed by atoms with E-state index in [0.29, 0.717) is 44.9 Å². The molecule has 1 N–H and O–H groups in total. The van der Waals surface area contributed by atoms with Crippen molar-refractivity contribution in [1.29, 1.82) is 0 Å². The standard InChI is InChI=1S/C28H32ClN3O7/c1-16(2)37-23-10-7-18(13-21(23)29)26-30-25(31-39-26)17-6-9-22-19(12-17)14-32(27(35)38-28(3,4)5)20(15-36-22)8-11-24(33)34/h6-7,9-10,12-13,16,20H,8,11,14-15H2,1-5H3,(H,33,34). The number of nitrogens with zero attached hydrogens (tertiary/aromatic N) is 3. The number of amides is 1. The Bertz CT molecular complexity index is 1350. The van der Waals surface area contributed by atoms with Crippen molar-refractivity contribution in [2.75, 3.05) is 6.61 Å². The number of carboxylic acid groups (broad SMARTS) is 1. The molecule has 1 unspecified atom stereocenters. The third-order valence-corrected chi connectivity index (χ3v) is 6.11. The van der Waals surface area contributed by atoms with Gasteiger partial charge in [0.25, 0.3) is 5.89 Å². The molecule has 1 atom stereocenters. The first kappa shape index (κ1) is 28.2. The second kappa shape index (κ2) is 11.5. The van der Waals surface area contributed by atoms with Crippen LogP contribution in [0, 0.1) is 0 Å². The summed E-state index contributed by atoms with van der Waals surface area (Å²) in [6.07, 6.45) is -0.426. The minimum atomic E-state index is -0.945. The molecule has 0 radical (unpaired) electrons. The second-order valence-electron chi connectivity index (χ2n) is 10.6. The first-order valence-corrected chi connectivity index (χ1v) is 13.0. The molecule has 1 aliphatic heterocycles. The van der Waals surface area contributed by atoms with Gasteiger partial charge < -0.3 is 23.8 Å². The summed E-state index contributed by atoms with van der Waals surface area (Å²) >= 11 is 6.37. The first-order chi connectivity index (χ1) is 18.4. The average Bonchev–Trinajstić information content (AvgIpc) is 3.26. The topological polar surface area (TPSA) is 124 Å². The van der Waals surface area contributed by atoms with Crippen LogP contribution in [0.1, 0.15) is 53.0 Å². The molecule has 4 rings (SSSR count). The summed E-state index contributed by atoms with van der Waals surface area (Å²) in [5, 5.41) is 13.8. The number of aromatic nitrogens is 2. The number of halogens is 1. The van der Waals surface area contributed by atoms with Gasteiger partial charge in [0.05, 0.1) is 23.7 Å². The van der Waals surface area contributed by atoms with Crippen molar-refractivity contribution in [3.63, 3.8) is 0 Å². The van der Waals surface area contributed by atoms with E-state index in [-0.39, 0.29) is 32.1 Å². The van der Waals surface area contributed by atoms with E-state index < -0.39 is 23.7 Å². The van der Waals surface area contributed by atoms with E-state index in [1.165, 1.54) is 4.90 Å². The van der Waals surface area contributed by atoms with E-state index in [1.54, 1.807) is 51.1 Å². The maximum atomic E-state index is 13.1. The Morgan fingerprint density at radius 3 is 2.59 bits per heavy atom. The van der Waals surface area contributed by atoms with Crippen LogP contribution in [-0.4, -0.2) is 56.6 Å². The van der Waals surface area contributed by atoms with Crippen LogP contribution in [0.2, 0.25) is 5.02 Å². The molecule has 39 heavy (non-hydrogen) atoms. The van der Waals surface area contributed by atoms with Crippen LogP contribution in [-0.2, 0) is 16.1 Å². The van der Waals surface area contributed by atoms with Crippen LogP contribution in [0.25, 0.3) is 22.8 Å². The first-order valence-electron chi connectivity index (χ1n) is 12.7. The number of rotatable bonds is 7. The third kappa shape index (κ3) is 7.20. The molecule has 0 saturated heterocycles. The van der Waals surface area contributed by atoms with Gasteiger partial charge in [-0.15, -0.1) is 0 Å². The Balaban J connectivity index is 1.60. The fraction of sp³-hybridized carbons (Fsp3) is 0.429. The van der Waals surface area contributed by atoms with Gasteiger partial charge >= 0.3 is 12.1 Å². The molecule has 1 amide bonds. The zero-order valence-electron chi connectivity index (χ0n) is 22.6. The summed E-state index contributed by atoms with van der Waals surface area (Å²) in [6.45, 7) is 9.49. The molecule has 3 aromatic rings. The van der Waals surface area contributed by atoms with E-state index in [0.717, 1.165) is 0 Å².